The van der Waals surface area contributed by atoms with Gasteiger partial charge in [0.2, 0.25) is 0 Å². The van der Waals surface area contributed by atoms with Crippen molar-refractivity contribution in [3.63, 3.8) is 0 Å². The van der Waals surface area contributed by atoms with Crippen molar-refractivity contribution in [1.29, 1.82) is 0 Å². The van der Waals surface area contributed by atoms with Gasteiger partial charge in [-0.15, -0.1) is 0 Å². The highest BCUT2D eigenvalue weighted by Gasteiger charge is 2.08. The van der Waals surface area contributed by atoms with Crippen molar-refractivity contribution in [2.75, 3.05) is 5.73 Å². The Bertz CT molecular complexity index is 874. The molecule has 0 atom stereocenters. The number of halogens is 2. The molecule has 0 aliphatic carbocycles. The minimum absolute atomic E-state index is 0.249. The minimum atomic E-state index is -0.249. The number of nitrogen functional groups attached to an aromatic ring is 1. The molecule has 2 aromatic carbocycles. The van der Waals surface area contributed by atoms with Crippen molar-refractivity contribution in [1.82, 2.24) is 9.97 Å². The molecule has 3 aromatic rings. The van der Waals surface area contributed by atoms with Gasteiger partial charge in [-0.2, -0.15) is 0 Å². The molecule has 3 N–H and O–H groups in total. The zero-order valence-corrected chi connectivity index (χ0v) is 11.7. The lowest BCUT2D eigenvalue weighted by Crippen LogP contribution is -2.09. The summed E-state index contributed by atoms with van der Waals surface area (Å²) in [7, 11) is 0. The van der Waals surface area contributed by atoms with Gasteiger partial charge in [0.25, 0.3) is 5.56 Å². The van der Waals surface area contributed by atoms with Crippen LogP contribution in [-0.2, 0) is 0 Å². The van der Waals surface area contributed by atoms with Crippen LogP contribution in [0.3, 0.4) is 0 Å². The molecule has 0 radical (unpaired) electrons. The second-order valence-electron chi connectivity index (χ2n) is 4.31. The summed E-state index contributed by atoms with van der Waals surface area (Å²) >= 11 is 11.8. The van der Waals surface area contributed by atoms with Gasteiger partial charge in [-0.25, -0.2) is 4.98 Å². The number of H-pyrrole nitrogens is 1. The average Bonchev–Trinajstić information content (AvgIpc) is 2.42. The molecular formula is C14H9Cl2N3O. The number of fused-ring (bicyclic) bond motifs is 1. The molecule has 0 bridgehead atoms. The average molecular weight is 306 g/mol. The lowest BCUT2D eigenvalue weighted by Gasteiger charge is -2.05. The van der Waals surface area contributed by atoms with Crippen LogP contribution in [0.4, 0.5) is 5.69 Å². The third-order valence-corrected chi connectivity index (χ3v) is 3.52. The maximum Gasteiger partial charge on any atom is 0.259 e. The van der Waals surface area contributed by atoms with E-state index in [1.54, 1.807) is 36.4 Å². The largest absolute Gasteiger partial charge is 0.398 e. The normalized spacial score (nSPS) is 10.9. The number of aromatic amines is 1. The molecule has 0 fully saturated rings. The quantitative estimate of drug-likeness (QED) is 0.676. The molecule has 0 unspecified atom stereocenters. The Morgan fingerprint density at radius 3 is 2.65 bits per heavy atom. The van der Waals surface area contributed by atoms with Crippen molar-refractivity contribution in [2.24, 2.45) is 0 Å². The van der Waals surface area contributed by atoms with E-state index in [0.29, 0.717) is 38.0 Å². The first kappa shape index (κ1) is 13.0. The fraction of sp³-hybridized carbons (Fsp3) is 0. The van der Waals surface area contributed by atoms with E-state index in [-0.39, 0.29) is 5.56 Å². The number of aromatic nitrogens is 2. The molecule has 1 heterocycles. The van der Waals surface area contributed by atoms with E-state index in [1.807, 2.05) is 0 Å². The lowest BCUT2D eigenvalue weighted by molar-refractivity contribution is 1.18. The van der Waals surface area contributed by atoms with Crippen molar-refractivity contribution < 1.29 is 0 Å². The third kappa shape index (κ3) is 2.24. The third-order valence-electron chi connectivity index (χ3n) is 2.94. The predicted octanol–water partition coefficient (Wildman–Crippen LogP) is 3.48. The van der Waals surface area contributed by atoms with Gasteiger partial charge in [-0.3, -0.25) is 4.79 Å². The highest BCUT2D eigenvalue weighted by Crippen LogP contribution is 2.25. The van der Waals surface area contributed by atoms with Gasteiger partial charge in [0.1, 0.15) is 5.82 Å². The van der Waals surface area contributed by atoms with E-state index in [9.17, 15) is 4.79 Å². The number of rotatable bonds is 1. The van der Waals surface area contributed by atoms with Gasteiger partial charge in [0, 0.05) is 10.6 Å². The van der Waals surface area contributed by atoms with E-state index < -0.39 is 0 Å². The van der Waals surface area contributed by atoms with Gasteiger partial charge < -0.3 is 10.7 Å². The Hall–Kier alpha value is -2.04. The molecule has 6 heteroatoms. The Balaban J connectivity index is 2.24. The molecular weight excluding hydrogens is 297 g/mol. The Morgan fingerprint density at radius 2 is 1.90 bits per heavy atom. The molecule has 0 amide bonds. The Kier molecular flexibility index (Phi) is 3.12. The van der Waals surface area contributed by atoms with Crippen molar-refractivity contribution in [3.05, 3.63) is 56.8 Å². The number of hydrogen-bond acceptors (Lipinski definition) is 3. The molecule has 0 spiro atoms. The van der Waals surface area contributed by atoms with Crippen LogP contribution in [0.25, 0.3) is 22.3 Å². The number of benzene rings is 2. The number of nitrogens with zero attached hydrogens (tertiary/aromatic N) is 1. The molecule has 3 rings (SSSR count). The Morgan fingerprint density at radius 1 is 1.10 bits per heavy atom. The zero-order chi connectivity index (χ0) is 14.3. The van der Waals surface area contributed by atoms with Gasteiger partial charge in [0.05, 0.1) is 21.6 Å². The predicted molar refractivity (Wildman–Crippen MR) is 82.2 cm³/mol. The standard InChI is InChI=1S/C14H9Cl2N3O/c15-8-2-4-12-9(6-8)14(20)19-13(18-12)7-1-3-10(16)11(17)5-7/h1-6H,17H2,(H,18,19,20). The minimum Gasteiger partial charge on any atom is -0.398 e. The molecule has 4 nitrogen and oxygen atoms in total. The van der Waals surface area contributed by atoms with Crippen molar-refractivity contribution in [3.8, 4) is 11.4 Å². The number of anilines is 1. The highest BCUT2D eigenvalue weighted by molar-refractivity contribution is 6.33. The van der Waals surface area contributed by atoms with Gasteiger partial charge in [-0.1, -0.05) is 23.2 Å². The monoisotopic (exact) mass is 305 g/mol. The topological polar surface area (TPSA) is 71.8 Å². The summed E-state index contributed by atoms with van der Waals surface area (Å²) < 4.78 is 0. The molecule has 0 aliphatic rings. The SMILES string of the molecule is Nc1cc(-c2nc3ccc(Cl)cc3c(=O)[nH]2)ccc1Cl. The van der Waals surface area contributed by atoms with E-state index in [1.165, 1.54) is 0 Å². The summed E-state index contributed by atoms with van der Waals surface area (Å²) in [6.45, 7) is 0. The van der Waals surface area contributed by atoms with Gasteiger partial charge in [0.15, 0.2) is 0 Å². The number of nitrogens with one attached hydrogen (secondary N) is 1. The first-order chi connectivity index (χ1) is 9.54. The smallest absolute Gasteiger partial charge is 0.259 e. The number of hydrogen-bond donors (Lipinski definition) is 2. The van der Waals surface area contributed by atoms with E-state index >= 15 is 0 Å². The van der Waals surface area contributed by atoms with Gasteiger partial charge in [-0.05, 0) is 36.4 Å². The summed E-state index contributed by atoms with van der Waals surface area (Å²) in [5.74, 6) is 0.438. The van der Waals surface area contributed by atoms with Crippen LogP contribution in [0, 0.1) is 0 Å². The fourth-order valence-electron chi connectivity index (χ4n) is 1.94. The summed E-state index contributed by atoms with van der Waals surface area (Å²) in [6.07, 6.45) is 0. The fourth-order valence-corrected chi connectivity index (χ4v) is 2.23. The second kappa shape index (κ2) is 4.81. The maximum absolute atomic E-state index is 12.1. The van der Waals surface area contributed by atoms with Gasteiger partial charge >= 0.3 is 0 Å². The van der Waals surface area contributed by atoms with Crippen LogP contribution in [0.15, 0.2) is 41.2 Å². The first-order valence-electron chi connectivity index (χ1n) is 5.79. The van der Waals surface area contributed by atoms with E-state index in [0.717, 1.165) is 0 Å². The number of nitrogens with two attached hydrogens (primary N) is 1. The second-order valence-corrected chi connectivity index (χ2v) is 5.16. The van der Waals surface area contributed by atoms with E-state index in [4.69, 9.17) is 28.9 Å². The highest BCUT2D eigenvalue weighted by atomic mass is 35.5. The molecule has 1 aromatic heterocycles. The van der Waals surface area contributed by atoms with Crippen LogP contribution in [0.2, 0.25) is 10.0 Å². The summed E-state index contributed by atoms with van der Waals surface area (Å²) in [5.41, 5.74) is 7.21. The van der Waals surface area contributed by atoms with Crippen LogP contribution in [0.1, 0.15) is 0 Å². The maximum atomic E-state index is 12.1. The molecule has 20 heavy (non-hydrogen) atoms. The van der Waals surface area contributed by atoms with Crippen LogP contribution < -0.4 is 11.3 Å². The van der Waals surface area contributed by atoms with Crippen LogP contribution in [-0.4, -0.2) is 9.97 Å². The van der Waals surface area contributed by atoms with Crippen molar-refractivity contribution in [2.45, 2.75) is 0 Å². The Labute approximate surface area is 124 Å². The zero-order valence-electron chi connectivity index (χ0n) is 10.2. The molecule has 0 aliphatic heterocycles. The molecule has 0 saturated carbocycles. The summed E-state index contributed by atoms with van der Waals surface area (Å²) in [6, 6.07) is 10.1. The molecule has 0 saturated heterocycles. The van der Waals surface area contributed by atoms with Crippen LogP contribution in [0.5, 0.6) is 0 Å². The summed E-state index contributed by atoms with van der Waals surface area (Å²) in [5, 5.41) is 1.40. The lowest BCUT2D eigenvalue weighted by atomic mass is 10.1. The van der Waals surface area contributed by atoms with Crippen molar-refractivity contribution >= 4 is 39.8 Å². The van der Waals surface area contributed by atoms with Crippen LogP contribution >= 0.6 is 23.2 Å². The molecule has 100 valence electrons. The summed E-state index contributed by atoms with van der Waals surface area (Å²) in [4.78, 5) is 19.2. The van der Waals surface area contributed by atoms with E-state index in [2.05, 4.69) is 9.97 Å². The first-order valence-corrected chi connectivity index (χ1v) is 6.55.